The molecule has 1 fully saturated rings. The van der Waals surface area contributed by atoms with Gasteiger partial charge in [-0.25, -0.2) is 4.98 Å². The average molecular weight is 464 g/mol. The molecular weight excluding hydrogens is 442 g/mol. The molecule has 10 heteroatoms. The van der Waals surface area contributed by atoms with E-state index in [2.05, 4.69) is 10.2 Å². The normalized spacial score (nSPS) is 14.5. The zero-order chi connectivity index (χ0) is 22.8. The number of nitrogens with zero attached hydrogens (tertiary/aromatic N) is 5. The summed E-state index contributed by atoms with van der Waals surface area (Å²) in [7, 11) is 0. The number of non-ortho nitro benzene ring substituents is 1. The molecule has 0 amide bonds. The summed E-state index contributed by atoms with van der Waals surface area (Å²) in [6.07, 6.45) is 5.35. The predicted molar refractivity (Wildman–Crippen MR) is 124 cm³/mol. The smallest absolute Gasteiger partial charge is 0.269 e. The van der Waals surface area contributed by atoms with Gasteiger partial charge in [-0.15, -0.1) is 10.2 Å². The molecule has 0 unspecified atom stereocenters. The number of fused-ring (bicyclic) bond motifs is 1. The number of para-hydroxylation sites is 1. The molecule has 2 aromatic heterocycles. The Labute approximate surface area is 193 Å². The zero-order valence-corrected chi connectivity index (χ0v) is 18.5. The molecule has 2 aromatic carbocycles. The van der Waals surface area contributed by atoms with E-state index >= 15 is 0 Å². The van der Waals surface area contributed by atoms with Crippen LogP contribution in [0.4, 0.5) is 5.69 Å². The maximum absolute atomic E-state index is 13.3. The lowest BCUT2D eigenvalue weighted by atomic mass is 9.95. The average Bonchev–Trinajstić information content (AvgIpc) is 3.32. The Bertz CT molecular complexity index is 1360. The standard InChI is InChI=1S/C23H21N5O4S/c29-22-18-8-4-5-9-19(18)24-23(27(22)16-6-2-1-3-7-16)33-14-20-25-26-21(32-20)15-10-12-17(13-11-15)28(30)31/h4-5,8-13,16H,1-3,6-7,14H2. The van der Waals surface area contributed by atoms with E-state index in [1.807, 2.05) is 28.8 Å². The summed E-state index contributed by atoms with van der Waals surface area (Å²) in [6.45, 7) is 0. The summed E-state index contributed by atoms with van der Waals surface area (Å²) in [5, 5.41) is 20.3. The molecule has 0 aliphatic heterocycles. The van der Waals surface area contributed by atoms with Crippen LogP contribution in [0.3, 0.4) is 0 Å². The molecule has 4 aromatic rings. The second-order valence-electron chi connectivity index (χ2n) is 7.97. The molecule has 0 saturated heterocycles. The maximum Gasteiger partial charge on any atom is 0.269 e. The molecule has 9 nitrogen and oxygen atoms in total. The van der Waals surface area contributed by atoms with Crippen LogP contribution < -0.4 is 5.56 Å². The van der Waals surface area contributed by atoms with Crippen LogP contribution in [0, 0.1) is 10.1 Å². The van der Waals surface area contributed by atoms with Gasteiger partial charge in [-0.2, -0.15) is 0 Å². The van der Waals surface area contributed by atoms with E-state index in [4.69, 9.17) is 9.40 Å². The van der Waals surface area contributed by atoms with E-state index in [0.29, 0.717) is 33.3 Å². The van der Waals surface area contributed by atoms with E-state index in [1.165, 1.54) is 30.3 Å². The summed E-state index contributed by atoms with van der Waals surface area (Å²) in [5.41, 5.74) is 1.27. The molecule has 5 rings (SSSR count). The van der Waals surface area contributed by atoms with Gasteiger partial charge in [0, 0.05) is 23.7 Å². The minimum atomic E-state index is -0.456. The second kappa shape index (κ2) is 9.14. The Balaban J connectivity index is 1.41. The van der Waals surface area contributed by atoms with Gasteiger partial charge in [0.15, 0.2) is 5.16 Å². The summed E-state index contributed by atoms with van der Waals surface area (Å²) in [6, 6.07) is 13.5. The Morgan fingerprint density at radius 2 is 1.82 bits per heavy atom. The molecule has 0 radical (unpaired) electrons. The number of hydrogen-bond acceptors (Lipinski definition) is 8. The van der Waals surface area contributed by atoms with Gasteiger partial charge in [-0.05, 0) is 37.1 Å². The van der Waals surface area contributed by atoms with E-state index in [-0.39, 0.29) is 23.2 Å². The third kappa shape index (κ3) is 4.38. The van der Waals surface area contributed by atoms with E-state index in [1.54, 1.807) is 12.1 Å². The highest BCUT2D eigenvalue weighted by atomic mass is 32.2. The van der Waals surface area contributed by atoms with Crippen LogP contribution in [0.15, 0.2) is 62.9 Å². The van der Waals surface area contributed by atoms with Crippen LogP contribution >= 0.6 is 11.8 Å². The topological polar surface area (TPSA) is 117 Å². The highest BCUT2D eigenvalue weighted by Crippen LogP contribution is 2.32. The van der Waals surface area contributed by atoms with Gasteiger partial charge in [-0.3, -0.25) is 19.5 Å². The van der Waals surface area contributed by atoms with Crippen LogP contribution in [-0.2, 0) is 5.75 Å². The van der Waals surface area contributed by atoms with Crippen molar-refractivity contribution in [3.05, 3.63) is 74.9 Å². The number of thioether (sulfide) groups is 1. The van der Waals surface area contributed by atoms with E-state index < -0.39 is 4.92 Å². The quantitative estimate of drug-likeness (QED) is 0.167. The first-order valence-corrected chi connectivity index (χ1v) is 11.8. The van der Waals surface area contributed by atoms with Gasteiger partial charge in [0.2, 0.25) is 11.8 Å². The number of hydrogen-bond donors (Lipinski definition) is 0. The van der Waals surface area contributed by atoms with Gasteiger partial charge in [-0.1, -0.05) is 43.2 Å². The first kappa shape index (κ1) is 21.3. The third-order valence-electron chi connectivity index (χ3n) is 5.83. The SMILES string of the molecule is O=c1c2ccccc2nc(SCc2nnc(-c3ccc([N+](=O)[O-])cc3)o2)n1C1CCCCC1. The summed E-state index contributed by atoms with van der Waals surface area (Å²) < 4.78 is 7.61. The first-order chi connectivity index (χ1) is 16.1. The summed E-state index contributed by atoms with van der Waals surface area (Å²) in [5.74, 6) is 1.04. The zero-order valence-electron chi connectivity index (χ0n) is 17.7. The highest BCUT2D eigenvalue weighted by molar-refractivity contribution is 7.98. The number of rotatable bonds is 6. The molecule has 168 valence electrons. The summed E-state index contributed by atoms with van der Waals surface area (Å²) in [4.78, 5) is 28.5. The molecule has 0 atom stereocenters. The monoisotopic (exact) mass is 463 g/mol. The lowest BCUT2D eigenvalue weighted by Gasteiger charge is -2.26. The molecule has 0 spiro atoms. The second-order valence-corrected chi connectivity index (χ2v) is 8.91. The van der Waals surface area contributed by atoms with Gasteiger partial charge < -0.3 is 4.42 Å². The molecule has 1 aliphatic carbocycles. The Morgan fingerprint density at radius 3 is 2.58 bits per heavy atom. The molecule has 1 saturated carbocycles. The van der Waals surface area contributed by atoms with E-state index in [0.717, 1.165) is 25.7 Å². The lowest BCUT2D eigenvalue weighted by molar-refractivity contribution is -0.384. The van der Waals surface area contributed by atoms with Gasteiger partial charge in [0.1, 0.15) is 0 Å². The highest BCUT2D eigenvalue weighted by Gasteiger charge is 2.22. The Morgan fingerprint density at radius 1 is 1.06 bits per heavy atom. The van der Waals surface area contributed by atoms with Crippen LogP contribution in [-0.4, -0.2) is 24.7 Å². The Kier molecular flexibility index (Phi) is 5.91. The number of aromatic nitrogens is 4. The van der Waals surface area contributed by atoms with Crippen LogP contribution in [0.25, 0.3) is 22.4 Å². The number of nitro groups is 1. The van der Waals surface area contributed by atoms with Crippen molar-refractivity contribution >= 4 is 28.4 Å². The van der Waals surface area contributed by atoms with Crippen molar-refractivity contribution in [1.29, 1.82) is 0 Å². The van der Waals surface area contributed by atoms with Crippen molar-refractivity contribution in [3.8, 4) is 11.5 Å². The first-order valence-electron chi connectivity index (χ1n) is 10.8. The van der Waals surface area contributed by atoms with Gasteiger partial charge in [0.25, 0.3) is 11.2 Å². The van der Waals surface area contributed by atoms with E-state index in [9.17, 15) is 14.9 Å². The van der Waals surface area contributed by atoms with Crippen molar-refractivity contribution in [2.75, 3.05) is 0 Å². The van der Waals surface area contributed by atoms with Crippen LogP contribution in [0.2, 0.25) is 0 Å². The minimum Gasteiger partial charge on any atom is -0.420 e. The third-order valence-corrected chi connectivity index (χ3v) is 6.77. The van der Waals surface area contributed by atoms with Crippen molar-refractivity contribution < 1.29 is 9.34 Å². The number of benzene rings is 2. The van der Waals surface area contributed by atoms with Crippen LogP contribution in [0.1, 0.15) is 44.0 Å². The van der Waals surface area contributed by atoms with Gasteiger partial charge >= 0.3 is 0 Å². The molecule has 2 heterocycles. The predicted octanol–water partition coefficient (Wildman–Crippen LogP) is 5.15. The van der Waals surface area contributed by atoms with Crippen LogP contribution in [0.5, 0.6) is 0 Å². The fourth-order valence-electron chi connectivity index (χ4n) is 4.17. The van der Waals surface area contributed by atoms with Crippen molar-refractivity contribution in [2.45, 2.75) is 49.1 Å². The Hall–Kier alpha value is -3.53. The number of nitro benzene ring substituents is 1. The fourth-order valence-corrected chi connectivity index (χ4v) is 5.07. The maximum atomic E-state index is 13.3. The largest absolute Gasteiger partial charge is 0.420 e. The lowest BCUT2D eigenvalue weighted by Crippen LogP contribution is -2.29. The molecular formula is C23H21N5O4S. The molecule has 1 aliphatic rings. The van der Waals surface area contributed by atoms with Crippen molar-refractivity contribution in [1.82, 2.24) is 19.7 Å². The fraction of sp³-hybridized carbons (Fsp3) is 0.304. The minimum absolute atomic E-state index is 0.00268. The van der Waals surface area contributed by atoms with Crippen molar-refractivity contribution in [2.24, 2.45) is 0 Å². The van der Waals surface area contributed by atoms with Gasteiger partial charge in [0.05, 0.1) is 21.6 Å². The molecule has 0 N–H and O–H groups in total. The molecule has 33 heavy (non-hydrogen) atoms. The van der Waals surface area contributed by atoms with Crippen molar-refractivity contribution in [3.63, 3.8) is 0 Å². The molecule has 0 bridgehead atoms. The summed E-state index contributed by atoms with van der Waals surface area (Å²) >= 11 is 1.40.